The summed E-state index contributed by atoms with van der Waals surface area (Å²) in [4.78, 5) is 23.1. The van der Waals surface area contributed by atoms with Crippen molar-refractivity contribution in [2.24, 2.45) is 0 Å². The fourth-order valence-electron chi connectivity index (χ4n) is 1.31. The van der Waals surface area contributed by atoms with Gasteiger partial charge in [0.05, 0.1) is 10.7 Å². The van der Waals surface area contributed by atoms with Crippen LogP contribution in [0.4, 0.5) is 10.5 Å². The molecule has 0 bridgehead atoms. The third kappa shape index (κ3) is 4.75. The summed E-state index contributed by atoms with van der Waals surface area (Å²) in [6.45, 7) is 8.67. The standard InChI is InChI=1S/C14H16ClNO3/c1-5-12(17)9-6-7-10(15)11(8-9)16-13(18)19-14(2,3)4/h5-8H,1H2,2-4H3,(H,16,18). The molecule has 1 aromatic carbocycles. The van der Waals surface area contributed by atoms with Gasteiger partial charge in [-0.1, -0.05) is 18.2 Å². The molecule has 0 saturated carbocycles. The van der Waals surface area contributed by atoms with Gasteiger partial charge in [0.25, 0.3) is 0 Å². The van der Waals surface area contributed by atoms with Gasteiger partial charge in [-0.2, -0.15) is 0 Å². The van der Waals surface area contributed by atoms with Crippen LogP contribution in [0, 0.1) is 0 Å². The molecular formula is C14H16ClNO3. The largest absolute Gasteiger partial charge is 0.444 e. The molecule has 0 aromatic heterocycles. The number of anilines is 1. The van der Waals surface area contributed by atoms with Gasteiger partial charge < -0.3 is 4.74 Å². The van der Waals surface area contributed by atoms with Gasteiger partial charge in [-0.15, -0.1) is 0 Å². The molecule has 19 heavy (non-hydrogen) atoms. The summed E-state index contributed by atoms with van der Waals surface area (Å²) in [6.07, 6.45) is 0.568. The number of hydrogen-bond acceptors (Lipinski definition) is 3. The highest BCUT2D eigenvalue weighted by Crippen LogP contribution is 2.24. The van der Waals surface area contributed by atoms with E-state index in [0.29, 0.717) is 16.3 Å². The van der Waals surface area contributed by atoms with Crippen molar-refractivity contribution in [3.63, 3.8) is 0 Å². The first-order valence-electron chi connectivity index (χ1n) is 5.69. The molecular weight excluding hydrogens is 266 g/mol. The molecule has 102 valence electrons. The van der Waals surface area contributed by atoms with E-state index in [1.807, 2.05) is 0 Å². The van der Waals surface area contributed by atoms with Crippen molar-refractivity contribution in [3.05, 3.63) is 41.4 Å². The van der Waals surface area contributed by atoms with Crippen LogP contribution in [0.15, 0.2) is 30.9 Å². The van der Waals surface area contributed by atoms with Gasteiger partial charge in [-0.05, 0) is 45.0 Å². The molecule has 0 fully saturated rings. The van der Waals surface area contributed by atoms with Crippen LogP contribution < -0.4 is 5.32 Å². The SMILES string of the molecule is C=CC(=O)c1ccc(Cl)c(NC(=O)OC(C)(C)C)c1. The predicted molar refractivity (Wildman–Crippen MR) is 75.8 cm³/mol. The molecule has 4 nitrogen and oxygen atoms in total. The highest BCUT2D eigenvalue weighted by Gasteiger charge is 2.17. The van der Waals surface area contributed by atoms with E-state index in [1.165, 1.54) is 18.2 Å². The van der Waals surface area contributed by atoms with E-state index in [-0.39, 0.29) is 5.78 Å². The summed E-state index contributed by atoms with van der Waals surface area (Å²) >= 11 is 5.95. The third-order valence-electron chi connectivity index (χ3n) is 2.07. The van der Waals surface area contributed by atoms with Crippen LogP contribution in [0.25, 0.3) is 0 Å². The van der Waals surface area contributed by atoms with Crippen LogP contribution >= 0.6 is 11.6 Å². The molecule has 5 heteroatoms. The minimum atomic E-state index is -0.627. The Hall–Kier alpha value is -1.81. The zero-order chi connectivity index (χ0) is 14.6. The van der Waals surface area contributed by atoms with Gasteiger partial charge >= 0.3 is 6.09 Å². The third-order valence-corrected chi connectivity index (χ3v) is 2.40. The molecule has 1 aromatic rings. The number of carbonyl (C=O) groups is 2. The smallest absolute Gasteiger partial charge is 0.412 e. The van der Waals surface area contributed by atoms with Gasteiger partial charge in [0.1, 0.15) is 5.60 Å². The Labute approximate surface area is 117 Å². The normalized spacial score (nSPS) is 10.7. The zero-order valence-corrected chi connectivity index (χ0v) is 11.9. The minimum absolute atomic E-state index is 0.246. The molecule has 0 heterocycles. The van der Waals surface area contributed by atoms with Gasteiger partial charge in [0.2, 0.25) is 0 Å². The minimum Gasteiger partial charge on any atom is -0.444 e. The number of rotatable bonds is 3. The second kappa shape index (κ2) is 5.89. The molecule has 1 N–H and O–H groups in total. The number of halogens is 1. The molecule has 1 rings (SSSR count). The lowest BCUT2D eigenvalue weighted by Crippen LogP contribution is -2.27. The lowest BCUT2D eigenvalue weighted by molar-refractivity contribution is 0.0635. The molecule has 0 unspecified atom stereocenters. The number of hydrogen-bond donors (Lipinski definition) is 1. The Balaban J connectivity index is 2.91. The number of nitrogens with one attached hydrogen (secondary N) is 1. The number of carbonyl (C=O) groups excluding carboxylic acids is 2. The van der Waals surface area contributed by atoms with Crippen LogP contribution in [0.1, 0.15) is 31.1 Å². The number of amides is 1. The van der Waals surface area contributed by atoms with Crippen LogP contribution in [0.5, 0.6) is 0 Å². The number of ether oxygens (including phenoxy) is 1. The molecule has 0 aliphatic rings. The molecule has 0 saturated heterocycles. The number of benzene rings is 1. The molecule has 0 atom stereocenters. The first-order chi connectivity index (χ1) is 8.73. The summed E-state index contributed by atoms with van der Waals surface area (Å²) in [5.41, 5.74) is 0.111. The van der Waals surface area contributed by atoms with Gasteiger partial charge in [-0.3, -0.25) is 10.1 Å². The van der Waals surface area contributed by atoms with Crippen molar-refractivity contribution in [1.82, 2.24) is 0 Å². The topological polar surface area (TPSA) is 55.4 Å². The fourth-order valence-corrected chi connectivity index (χ4v) is 1.47. The summed E-state index contributed by atoms with van der Waals surface area (Å²) < 4.78 is 5.11. The Kier molecular flexibility index (Phi) is 4.72. The maximum atomic E-state index is 11.6. The van der Waals surface area contributed by atoms with E-state index in [9.17, 15) is 9.59 Å². The first-order valence-corrected chi connectivity index (χ1v) is 6.07. The van der Waals surface area contributed by atoms with Crippen molar-refractivity contribution in [2.75, 3.05) is 5.32 Å². The van der Waals surface area contributed by atoms with Crippen LogP contribution in [0.2, 0.25) is 5.02 Å². The Morgan fingerprint density at radius 3 is 2.53 bits per heavy atom. The Morgan fingerprint density at radius 1 is 1.37 bits per heavy atom. The van der Waals surface area contributed by atoms with E-state index >= 15 is 0 Å². The molecule has 0 aliphatic heterocycles. The van der Waals surface area contributed by atoms with Crippen molar-refractivity contribution in [2.45, 2.75) is 26.4 Å². The Morgan fingerprint density at radius 2 is 2.00 bits per heavy atom. The molecule has 0 radical (unpaired) electrons. The number of ketones is 1. The van der Waals surface area contributed by atoms with E-state index in [2.05, 4.69) is 11.9 Å². The molecule has 1 amide bonds. The van der Waals surface area contributed by atoms with Gasteiger partial charge in [0, 0.05) is 5.56 Å². The van der Waals surface area contributed by atoms with Crippen LogP contribution in [-0.4, -0.2) is 17.5 Å². The first kappa shape index (κ1) is 15.2. The van der Waals surface area contributed by atoms with Crippen molar-refractivity contribution >= 4 is 29.2 Å². The average Bonchev–Trinajstić information content (AvgIpc) is 2.28. The van der Waals surface area contributed by atoms with E-state index in [4.69, 9.17) is 16.3 Å². The number of allylic oxidation sites excluding steroid dienone is 1. The van der Waals surface area contributed by atoms with Crippen LogP contribution in [0.3, 0.4) is 0 Å². The van der Waals surface area contributed by atoms with Crippen molar-refractivity contribution < 1.29 is 14.3 Å². The maximum Gasteiger partial charge on any atom is 0.412 e. The predicted octanol–water partition coefficient (Wildman–Crippen LogP) is 4.06. The monoisotopic (exact) mass is 281 g/mol. The van der Waals surface area contributed by atoms with E-state index in [0.717, 1.165) is 0 Å². The second-order valence-electron chi connectivity index (χ2n) is 4.89. The van der Waals surface area contributed by atoms with E-state index < -0.39 is 11.7 Å². The van der Waals surface area contributed by atoms with Crippen molar-refractivity contribution in [1.29, 1.82) is 0 Å². The highest BCUT2D eigenvalue weighted by molar-refractivity contribution is 6.33. The lowest BCUT2D eigenvalue weighted by atomic mass is 10.1. The fraction of sp³-hybridized carbons (Fsp3) is 0.286. The summed E-state index contributed by atoms with van der Waals surface area (Å²) in [5.74, 6) is -0.246. The van der Waals surface area contributed by atoms with Gasteiger partial charge in [0.15, 0.2) is 5.78 Å². The Bertz CT molecular complexity index is 518. The highest BCUT2D eigenvalue weighted by atomic mass is 35.5. The lowest BCUT2D eigenvalue weighted by Gasteiger charge is -2.20. The van der Waals surface area contributed by atoms with E-state index in [1.54, 1.807) is 26.8 Å². The second-order valence-corrected chi connectivity index (χ2v) is 5.30. The maximum absolute atomic E-state index is 11.6. The average molecular weight is 282 g/mol. The molecule has 0 spiro atoms. The van der Waals surface area contributed by atoms with Crippen molar-refractivity contribution in [3.8, 4) is 0 Å². The zero-order valence-electron chi connectivity index (χ0n) is 11.1. The summed E-state index contributed by atoms with van der Waals surface area (Å²) in [7, 11) is 0. The van der Waals surface area contributed by atoms with Gasteiger partial charge in [-0.25, -0.2) is 4.79 Å². The molecule has 0 aliphatic carbocycles. The summed E-state index contributed by atoms with van der Waals surface area (Å²) in [5, 5.41) is 2.83. The quantitative estimate of drug-likeness (QED) is 0.671. The van der Waals surface area contributed by atoms with Crippen LogP contribution in [-0.2, 0) is 4.74 Å². The summed E-state index contributed by atoms with van der Waals surface area (Å²) in [6, 6.07) is 4.58.